The van der Waals surface area contributed by atoms with E-state index in [1.807, 2.05) is 13.0 Å². The van der Waals surface area contributed by atoms with Gasteiger partial charge in [-0.25, -0.2) is 0 Å². The Balaban J connectivity index is 3.95. The predicted octanol–water partition coefficient (Wildman–Crippen LogP) is 2.91. The summed E-state index contributed by atoms with van der Waals surface area (Å²) in [5, 5.41) is 37.2. The van der Waals surface area contributed by atoms with Gasteiger partial charge >= 0.3 is 5.97 Å². The van der Waals surface area contributed by atoms with Crippen LogP contribution in [0.3, 0.4) is 0 Å². The van der Waals surface area contributed by atoms with E-state index in [1.54, 1.807) is 54.7 Å². The van der Waals surface area contributed by atoms with E-state index in [9.17, 15) is 20.1 Å². The van der Waals surface area contributed by atoms with Crippen LogP contribution < -0.4 is 0 Å². The number of carboxylic acids is 1. The number of aliphatic hydroxyl groups excluding tert-OH is 3. The molecule has 0 bridgehead atoms. The Kier molecular flexibility index (Phi) is 14.4. The van der Waals surface area contributed by atoms with Gasteiger partial charge in [-0.1, -0.05) is 67.7 Å². The van der Waals surface area contributed by atoms with Crippen molar-refractivity contribution in [3.8, 4) is 0 Å². The maximum absolute atomic E-state index is 10.3. The largest absolute Gasteiger partial charge is 0.481 e. The smallest absolute Gasteiger partial charge is 0.303 e. The van der Waals surface area contributed by atoms with Gasteiger partial charge in [-0.2, -0.15) is 0 Å². The van der Waals surface area contributed by atoms with Crippen LogP contribution in [0, 0.1) is 0 Å². The second-order valence-corrected chi connectivity index (χ2v) is 5.60. The summed E-state index contributed by atoms with van der Waals surface area (Å²) in [7, 11) is 0. The maximum atomic E-state index is 10.3. The second-order valence-electron chi connectivity index (χ2n) is 5.60. The number of aliphatic carboxylic acids is 1. The molecule has 3 atom stereocenters. The fourth-order valence-corrected chi connectivity index (χ4v) is 1.78. The Morgan fingerprint density at radius 2 is 1.40 bits per heavy atom. The van der Waals surface area contributed by atoms with Crippen molar-refractivity contribution in [3.05, 3.63) is 60.8 Å². The van der Waals surface area contributed by atoms with Crippen LogP contribution in [0.15, 0.2) is 60.8 Å². The lowest BCUT2D eigenvalue weighted by molar-refractivity contribution is -0.137. The van der Waals surface area contributed by atoms with Gasteiger partial charge in [-0.05, 0) is 25.7 Å². The molecular weight excluding hydrogens is 320 g/mol. The van der Waals surface area contributed by atoms with Gasteiger partial charge < -0.3 is 20.4 Å². The quantitative estimate of drug-likeness (QED) is 0.383. The lowest BCUT2D eigenvalue weighted by Crippen LogP contribution is -2.03. The average Bonchev–Trinajstić information content (AvgIpc) is 2.57. The van der Waals surface area contributed by atoms with E-state index in [1.165, 1.54) is 0 Å². The van der Waals surface area contributed by atoms with Crippen LogP contribution in [-0.4, -0.2) is 44.7 Å². The van der Waals surface area contributed by atoms with Crippen molar-refractivity contribution in [2.45, 2.75) is 57.3 Å². The molecule has 0 amide bonds. The molecule has 3 unspecified atom stereocenters. The summed E-state index contributed by atoms with van der Waals surface area (Å²) >= 11 is 0. The van der Waals surface area contributed by atoms with Gasteiger partial charge in [0.05, 0.1) is 18.3 Å². The van der Waals surface area contributed by atoms with Gasteiger partial charge in [0.25, 0.3) is 0 Å². The number of carboxylic acid groups (broad SMARTS) is 1. The number of aliphatic hydroxyl groups is 3. The molecule has 0 spiro atoms. The monoisotopic (exact) mass is 350 g/mol. The zero-order chi connectivity index (χ0) is 18.9. The summed E-state index contributed by atoms with van der Waals surface area (Å²) in [5.74, 6) is -0.857. The molecule has 0 heterocycles. The molecule has 0 radical (unpaired) electrons. The molecule has 4 N–H and O–H groups in total. The fraction of sp³-hybridized carbons (Fsp3) is 0.450. The zero-order valence-corrected chi connectivity index (χ0v) is 14.7. The normalized spacial score (nSPS) is 16.6. The van der Waals surface area contributed by atoms with Crippen molar-refractivity contribution in [2.75, 3.05) is 0 Å². The van der Waals surface area contributed by atoms with Gasteiger partial charge in [0, 0.05) is 6.42 Å². The molecule has 0 saturated heterocycles. The molecule has 0 aliphatic heterocycles. The van der Waals surface area contributed by atoms with E-state index >= 15 is 0 Å². The van der Waals surface area contributed by atoms with E-state index in [0.717, 1.165) is 0 Å². The van der Waals surface area contributed by atoms with Crippen LogP contribution in [-0.2, 0) is 4.79 Å². The fourth-order valence-electron chi connectivity index (χ4n) is 1.78. The van der Waals surface area contributed by atoms with Crippen LogP contribution in [0.2, 0.25) is 0 Å². The third-order valence-corrected chi connectivity index (χ3v) is 3.27. The van der Waals surface area contributed by atoms with Crippen molar-refractivity contribution >= 4 is 5.97 Å². The molecule has 0 aromatic rings. The number of allylic oxidation sites excluding steroid dienone is 6. The number of hydrogen-bond acceptors (Lipinski definition) is 4. The summed E-state index contributed by atoms with van der Waals surface area (Å²) < 4.78 is 0. The van der Waals surface area contributed by atoms with Crippen molar-refractivity contribution in [2.24, 2.45) is 0 Å². The third-order valence-electron chi connectivity index (χ3n) is 3.27. The molecule has 0 aliphatic carbocycles. The molecule has 0 saturated carbocycles. The number of carbonyl (C=O) groups is 1. The first-order valence-corrected chi connectivity index (χ1v) is 8.56. The second kappa shape index (κ2) is 15.6. The lowest BCUT2D eigenvalue weighted by Gasteiger charge is -2.02. The number of hydrogen-bond donors (Lipinski definition) is 4. The maximum Gasteiger partial charge on any atom is 0.303 e. The highest BCUT2D eigenvalue weighted by Gasteiger charge is 2.01. The minimum absolute atomic E-state index is 0.0603. The lowest BCUT2D eigenvalue weighted by atomic mass is 10.1. The van der Waals surface area contributed by atoms with Crippen LogP contribution in [0.5, 0.6) is 0 Å². The van der Waals surface area contributed by atoms with Crippen LogP contribution >= 0.6 is 0 Å². The highest BCUT2D eigenvalue weighted by molar-refractivity contribution is 5.66. The molecule has 0 aromatic heterocycles. The Morgan fingerprint density at radius 3 is 2.00 bits per heavy atom. The molecule has 0 fully saturated rings. The van der Waals surface area contributed by atoms with Gasteiger partial charge in [0.1, 0.15) is 0 Å². The van der Waals surface area contributed by atoms with E-state index in [0.29, 0.717) is 25.7 Å². The van der Waals surface area contributed by atoms with Gasteiger partial charge in [-0.15, -0.1) is 0 Å². The van der Waals surface area contributed by atoms with Crippen LogP contribution in [0.1, 0.15) is 39.0 Å². The SMILES string of the molecule is CCC(O)/C=C/C=C\CC(O)/C=C/C=C\C=C\C(O)CCCC(=O)O. The Labute approximate surface area is 150 Å². The summed E-state index contributed by atoms with van der Waals surface area (Å²) in [6.45, 7) is 1.90. The first-order valence-electron chi connectivity index (χ1n) is 8.56. The van der Waals surface area contributed by atoms with Crippen LogP contribution in [0.4, 0.5) is 0 Å². The predicted molar refractivity (Wildman–Crippen MR) is 100 cm³/mol. The van der Waals surface area contributed by atoms with Gasteiger partial charge in [-0.3, -0.25) is 4.79 Å². The average molecular weight is 350 g/mol. The van der Waals surface area contributed by atoms with Gasteiger partial charge in [0.2, 0.25) is 0 Å². The Hall–Kier alpha value is -1.95. The molecule has 5 nitrogen and oxygen atoms in total. The summed E-state index contributed by atoms with van der Waals surface area (Å²) in [6.07, 6.45) is 17.6. The standard InChI is InChI=1S/C20H30O5/c1-2-17(21)11-8-5-9-14-18(22)12-6-3-4-7-13-19(23)15-10-16-20(24)25/h3-9,11-13,17-19,21-23H,2,10,14-16H2,1H3,(H,24,25)/b4-3-,9-5-,11-8+,12-6+,13-7+. The molecule has 25 heavy (non-hydrogen) atoms. The minimum Gasteiger partial charge on any atom is -0.481 e. The topological polar surface area (TPSA) is 98.0 Å². The molecule has 0 aromatic carbocycles. The molecular formula is C20H30O5. The van der Waals surface area contributed by atoms with Gasteiger partial charge in [0.15, 0.2) is 0 Å². The van der Waals surface area contributed by atoms with E-state index in [2.05, 4.69) is 0 Å². The summed E-state index contributed by atoms with van der Waals surface area (Å²) in [5.41, 5.74) is 0. The highest BCUT2D eigenvalue weighted by atomic mass is 16.4. The van der Waals surface area contributed by atoms with Crippen molar-refractivity contribution in [3.63, 3.8) is 0 Å². The molecule has 0 rings (SSSR count). The Bertz CT molecular complexity index is 488. The molecule has 140 valence electrons. The summed E-state index contributed by atoms with van der Waals surface area (Å²) in [4.78, 5) is 10.3. The van der Waals surface area contributed by atoms with E-state index < -0.39 is 24.3 Å². The minimum atomic E-state index is -0.857. The first kappa shape index (κ1) is 23.1. The number of rotatable bonds is 13. The zero-order valence-electron chi connectivity index (χ0n) is 14.7. The third kappa shape index (κ3) is 16.7. The molecule has 5 heteroatoms. The van der Waals surface area contributed by atoms with Crippen LogP contribution in [0.25, 0.3) is 0 Å². The molecule has 0 aliphatic rings. The van der Waals surface area contributed by atoms with Crippen molar-refractivity contribution in [1.82, 2.24) is 0 Å². The van der Waals surface area contributed by atoms with E-state index in [4.69, 9.17) is 5.11 Å². The first-order chi connectivity index (χ1) is 12.0. The highest BCUT2D eigenvalue weighted by Crippen LogP contribution is 2.02. The van der Waals surface area contributed by atoms with Crippen molar-refractivity contribution in [1.29, 1.82) is 0 Å². The van der Waals surface area contributed by atoms with E-state index in [-0.39, 0.29) is 6.42 Å². The summed E-state index contributed by atoms with van der Waals surface area (Å²) in [6, 6.07) is 0. The Morgan fingerprint density at radius 1 is 0.840 bits per heavy atom. The van der Waals surface area contributed by atoms with Crippen molar-refractivity contribution < 1.29 is 25.2 Å².